The Morgan fingerprint density at radius 1 is 1.08 bits per heavy atom. The highest BCUT2D eigenvalue weighted by atomic mass is 35.5. The van der Waals surface area contributed by atoms with Crippen LogP contribution in [0.25, 0.3) is 5.69 Å². The quantitative estimate of drug-likeness (QED) is 0.748. The highest BCUT2D eigenvalue weighted by Crippen LogP contribution is 2.15. The Morgan fingerprint density at radius 3 is 2.58 bits per heavy atom. The van der Waals surface area contributed by atoms with Crippen LogP contribution in [0.1, 0.15) is 11.1 Å². The number of aromatic nitrogens is 2. The van der Waals surface area contributed by atoms with Crippen molar-refractivity contribution < 1.29 is 4.79 Å². The number of hydrogen-bond donors (Lipinski definition) is 1. The number of carbonyl (C=O) groups excluding carboxylic acids is 1. The van der Waals surface area contributed by atoms with Crippen molar-refractivity contribution in [1.82, 2.24) is 15.1 Å². The summed E-state index contributed by atoms with van der Waals surface area (Å²) in [7, 11) is 0. The lowest BCUT2D eigenvalue weighted by Gasteiger charge is -2.07. The van der Waals surface area contributed by atoms with E-state index in [1.165, 1.54) is 5.56 Å². The van der Waals surface area contributed by atoms with E-state index in [2.05, 4.69) is 22.5 Å². The van der Waals surface area contributed by atoms with Gasteiger partial charge in [0, 0.05) is 24.0 Å². The Labute approximate surface area is 146 Å². The van der Waals surface area contributed by atoms with Crippen molar-refractivity contribution >= 4 is 17.5 Å². The van der Waals surface area contributed by atoms with E-state index in [0.29, 0.717) is 18.0 Å². The van der Waals surface area contributed by atoms with E-state index < -0.39 is 0 Å². The van der Waals surface area contributed by atoms with Gasteiger partial charge in [-0.1, -0.05) is 41.9 Å². The highest BCUT2D eigenvalue weighted by Gasteiger charge is 2.06. The van der Waals surface area contributed by atoms with Crippen LogP contribution in [-0.4, -0.2) is 22.2 Å². The molecule has 0 saturated heterocycles. The number of nitrogens with one attached hydrogen (secondary N) is 1. The van der Waals surface area contributed by atoms with Crippen LogP contribution in [-0.2, 0) is 17.6 Å². The Bertz CT molecular complexity index is 798. The number of nitrogens with zero attached hydrogens (tertiary/aromatic N) is 2. The van der Waals surface area contributed by atoms with Crippen molar-refractivity contribution in [2.75, 3.05) is 6.54 Å². The van der Waals surface area contributed by atoms with Gasteiger partial charge in [-0.2, -0.15) is 5.10 Å². The SMILES string of the molecule is O=C(Cc1ccccc1Cl)NCCc1ccc(-n2cccn2)cc1. The predicted octanol–water partition coefficient (Wildman–Crippen LogP) is 3.43. The summed E-state index contributed by atoms with van der Waals surface area (Å²) in [6.45, 7) is 0.602. The standard InChI is InChI=1S/C19H18ClN3O/c20-18-5-2-1-4-16(18)14-19(24)21-12-10-15-6-8-17(9-7-15)23-13-3-11-22-23/h1-9,11,13H,10,12,14H2,(H,21,24). The van der Waals surface area contributed by atoms with Crippen LogP contribution in [0, 0.1) is 0 Å². The second-order valence-corrected chi connectivity index (χ2v) is 5.89. The number of amides is 1. The molecule has 0 saturated carbocycles. The topological polar surface area (TPSA) is 46.9 Å². The maximum absolute atomic E-state index is 12.0. The molecule has 0 bridgehead atoms. The molecule has 0 spiro atoms. The first-order valence-corrected chi connectivity index (χ1v) is 8.19. The van der Waals surface area contributed by atoms with Gasteiger partial charge in [0.1, 0.15) is 0 Å². The van der Waals surface area contributed by atoms with Crippen molar-refractivity contribution in [1.29, 1.82) is 0 Å². The molecular formula is C19H18ClN3O. The van der Waals surface area contributed by atoms with Crippen molar-refractivity contribution in [3.63, 3.8) is 0 Å². The van der Waals surface area contributed by atoms with Gasteiger partial charge in [0.2, 0.25) is 5.91 Å². The third-order valence-corrected chi connectivity index (χ3v) is 4.12. The lowest BCUT2D eigenvalue weighted by Crippen LogP contribution is -2.27. The zero-order chi connectivity index (χ0) is 16.8. The molecule has 0 atom stereocenters. The smallest absolute Gasteiger partial charge is 0.224 e. The predicted molar refractivity (Wildman–Crippen MR) is 95.4 cm³/mol. The number of carbonyl (C=O) groups is 1. The monoisotopic (exact) mass is 339 g/mol. The van der Waals surface area contributed by atoms with E-state index in [0.717, 1.165) is 17.7 Å². The number of hydrogen-bond acceptors (Lipinski definition) is 2. The van der Waals surface area contributed by atoms with E-state index in [-0.39, 0.29) is 5.91 Å². The molecule has 1 N–H and O–H groups in total. The zero-order valence-electron chi connectivity index (χ0n) is 13.2. The second-order valence-electron chi connectivity index (χ2n) is 5.49. The summed E-state index contributed by atoms with van der Waals surface area (Å²) in [6, 6.07) is 17.5. The first-order valence-electron chi connectivity index (χ1n) is 7.81. The molecule has 3 rings (SSSR count). The van der Waals surface area contributed by atoms with Gasteiger partial charge in [-0.15, -0.1) is 0 Å². The molecule has 0 unspecified atom stereocenters. The van der Waals surface area contributed by atoms with Gasteiger partial charge >= 0.3 is 0 Å². The summed E-state index contributed by atoms with van der Waals surface area (Å²) in [5, 5.41) is 7.76. The first kappa shape index (κ1) is 16.3. The summed E-state index contributed by atoms with van der Waals surface area (Å²) in [6.07, 6.45) is 4.75. The highest BCUT2D eigenvalue weighted by molar-refractivity contribution is 6.31. The average Bonchev–Trinajstić information content (AvgIpc) is 3.12. The Kier molecular flexibility index (Phi) is 5.29. The minimum atomic E-state index is -0.0174. The number of halogens is 1. The van der Waals surface area contributed by atoms with Crippen LogP contribution in [0.15, 0.2) is 67.0 Å². The van der Waals surface area contributed by atoms with E-state index in [4.69, 9.17) is 11.6 Å². The molecule has 122 valence electrons. The van der Waals surface area contributed by atoms with E-state index in [9.17, 15) is 4.79 Å². The molecule has 1 aromatic heterocycles. The van der Waals surface area contributed by atoms with Gasteiger partial charge in [-0.25, -0.2) is 4.68 Å². The van der Waals surface area contributed by atoms with Crippen molar-refractivity contribution in [2.45, 2.75) is 12.8 Å². The Morgan fingerprint density at radius 2 is 1.88 bits per heavy atom. The van der Waals surface area contributed by atoms with Crippen LogP contribution in [0.4, 0.5) is 0 Å². The summed E-state index contributed by atoms with van der Waals surface area (Å²) in [4.78, 5) is 12.0. The van der Waals surface area contributed by atoms with Crippen LogP contribution < -0.4 is 5.32 Å². The molecule has 0 aliphatic carbocycles. The fraction of sp³-hybridized carbons (Fsp3) is 0.158. The summed E-state index contributed by atoms with van der Waals surface area (Å²) in [5.41, 5.74) is 3.04. The van der Waals surface area contributed by atoms with E-state index in [1.54, 1.807) is 12.3 Å². The first-order chi connectivity index (χ1) is 11.7. The average molecular weight is 340 g/mol. The number of benzene rings is 2. The maximum atomic E-state index is 12.0. The third kappa shape index (κ3) is 4.24. The van der Waals surface area contributed by atoms with Crippen molar-refractivity contribution in [3.8, 4) is 5.69 Å². The molecule has 0 fully saturated rings. The van der Waals surface area contributed by atoms with Gasteiger partial charge in [-0.05, 0) is 41.8 Å². The molecule has 2 aromatic carbocycles. The van der Waals surface area contributed by atoms with Gasteiger partial charge in [-0.3, -0.25) is 4.79 Å². The molecule has 0 aliphatic heterocycles. The second kappa shape index (κ2) is 7.79. The normalized spacial score (nSPS) is 10.5. The summed E-state index contributed by atoms with van der Waals surface area (Å²) in [5.74, 6) is -0.0174. The molecule has 1 heterocycles. The van der Waals surface area contributed by atoms with Crippen LogP contribution in [0.5, 0.6) is 0 Å². The Balaban J connectivity index is 1.48. The fourth-order valence-electron chi connectivity index (χ4n) is 2.46. The summed E-state index contributed by atoms with van der Waals surface area (Å²) < 4.78 is 1.81. The van der Waals surface area contributed by atoms with Crippen LogP contribution in [0.3, 0.4) is 0 Å². The Hall–Kier alpha value is -2.59. The van der Waals surface area contributed by atoms with Crippen molar-refractivity contribution in [3.05, 3.63) is 83.1 Å². The lowest BCUT2D eigenvalue weighted by molar-refractivity contribution is -0.120. The molecule has 3 aromatic rings. The zero-order valence-corrected chi connectivity index (χ0v) is 13.9. The minimum absolute atomic E-state index is 0.0174. The van der Waals surface area contributed by atoms with Gasteiger partial charge in [0.25, 0.3) is 0 Å². The maximum Gasteiger partial charge on any atom is 0.224 e. The largest absolute Gasteiger partial charge is 0.355 e. The van der Waals surface area contributed by atoms with Gasteiger partial charge in [0.05, 0.1) is 12.1 Å². The third-order valence-electron chi connectivity index (χ3n) is 3.75. The molecule has 1 amide bonds. The molecule has 24 heavy (non-hydrogen) atoms. The van der Waals surface area contributed by atoms with Gasteiger partial charge < -0.3 is 5.32 Å². The molecule has 4 nitrogen and oxygen atoms in total. The number of rotatable bonds is 6. The minimum Gasteiger partial charge on any atom is -0.355 e. The summed E-state index contributed by atoms with van der Waals surface area (Å²) >= 11 is 6.07. The molecular weight excluding hydrogens is 322 g/mol. The van der Waals surface area contributed by atoms with E-state index in [1.807, 2.05) is 47.3 Å². The fourth-order valence-corrected chi connectivity index (χ4v) is 2.66. The molecule has 5 heteroatoms. The lowest BCUT2D eigenvalue weighted by atomic mass is 10.1. The van der Waals surface area contributed by atoms with Crippen LogP contribution >= 0.6 is 11.6 Å². The van der Waals surface area contributed by atoms with Gasteiger partial charge in [0.15, 0.2) is 0 Å². The van der Waals surface area contributed by atoms with E-state index >= 15 is 0 Å². The van der Waals surface area contributed by atoms with Crippen molar-refractivity contribution in [2.24, 2.45) is 0 Å². The molecule has 0 aliphatic rings. The van der Waals surface area contributed by atoms with Crippen LogP contribution in [0.2, 0.25) is 5.02 Å². The molecule has 0 radical (unpaired) electrons.